The SMILES string of the molecule is O=C(N1CCC(CO)C1)C1(c2ccccc2F)CCC1. The molecule has 1 N–H and O–H groups in total. The van der Waals surface area contributed by atoms with Crippen molar-refractivity contribution in [1.82, 2.24) is 4.90 Å². The van der Waals surface area contributed by atoms with Crippen molar-refractivity contribution in [2.45, 2.75) is 31.1 Å². The third-order valence-corrected chi connectivity index (χ3v) is 4.84. The number of nitrogens with zero attached hydrogens (tertiary/aromatic N) is 1. The maximum Gasteiger partial charge on any atom is 0.233 e. The van der Waals surface area contributed by atoms with Gasteiger partial charge in [-0.15, -0.1) is 0 Å². The van der Waals surface area contributed by atoms with Crippen LogP contribution in [0.2, 0.25) is 0 Å². The lowest BCUT2D eigenvalue weighted by atomic mass is 9.63. The zero-order valence-electron chi connectivity index (χ0n) is 11.5. The highest BCUT2D eigenvalue weighted by Gasteiger charge is 2.49. The quantitative estimate of drug-likeness (QED) is 0.919. The molecule has 1 saturated carbocycles. The number of hydrogen-bond acceptors (Lipinski definition) is 2. The Balaban J connectivity index is 1.86. The van der Waals surface area contributed by atoms with Gasteiger partial charge in [-0.05, 0) is 25.3 Å². The van der Waals surface area contributed by atoms with Crippen LogP contribution in [0.5, 0.6) is 0 Å². The van der Waals surface area contributed by atoms with Gasteiger partial charge in [0.1, 0.15) is 5.82 Å². The van der Waals surface area contributed by atoms with Gasteiger partial charge in [-0.1, -0.05) is 24.6 Å². The topological polar surface area (TPSA) is 40.5 Å². The van der Waals surface area contributed by atoms with Gasteiger partial charge in [-0.25, -0.2) is 4.39 Å². The molecule has 1 unspecified atom stereocenters. The molecule has 1 aliphatic carbocycles. The van der Waals surface area contributed by atoms with Crippen LogP contribution in [0.3, 0.4) is 0 Å². The van der Waals surface area contributed by atoms with E-state index in [0.717, 1.165) is 25.7 Å². The molecule has 0 bridgehead atoms. The lowest BCUT2D eigenvalue weighted by Gasteiger charge is -2.43. The molecule has 20 heavy (non-hydrogen) atoms. The van der Waals surface area contributed by atoms with Crippen LogP contribution in [0.25, 0.3) is 0 Å². The van der Waals surface area contributed by atoms with Crippen LogP contribution in [0, 0.1) is 11.7 Å². The first-order chi connectivity index (χ1) is 9.67. The lowest BCUT2D eigenvalue weighted by Crippen LogP contribution is -2.50. The van der Waals surface area contributed by atoms with Crippen molar-refractivity contribution in [3.63, 3.8) is 0 Å². The van der Waals surface area contributed by atoms with E-state index in [4.69, 9.17) is 0 Å². The van der Waals surface area contributed by atoms with Gasteiger partial charge in [0.25, 0.3) is 0 Å². The number of carbonyl (C=O) groups excluding carboxylic acids is 1. The summed E-state index contributed by atoms with van der Waals surface area (Å²) in [5, 5.41) is 9.20. The smallest absolute Gasteiger partial charge is 0.233 e. The number of aliphatic hydroxyl groups is 1. The summed E-state index contributed by atoms with van der Waals surface area (Å²) in [7, 11) is 0. The Morgan fingerprint density at radius 3 is 2.70 bits per heavy atom. The Morgan fingerprint density at radius 1 is 1.40 bits per heavy atom. The summed E-state index contributed by atoms with van der Waals surface area (Å²) in [6, 6.07) is 6.63. The number of amides is 1. The standard InChI is InChI=1S/C16H20FNO2/c17-14-5-2-1-4-13(14)16(7-3-8-16)15(20)18-9-6-12(10-18)11-19/h1-2,4-5,12,19H,3,6-11H2. The number of carbonyl (C=O) groups is 1. The maximum absolute atomic E-state index is 14.1. The number of aliphatic hydroxyl groups excluding tert-OH is 1. The van der Waals surface area contributed by atoms with Gasteiger partial charge < -0.3 is 10.0 Å². The summed E-state index contributed by atoms with van der Waals surface area (Å²) in [5.41, 5.74) is -0.112. The van der Waals surface area contributed by atoms with Gasteiger partial charge in [0.2, 0.25) is 5.91 Å². The van der Waals surface area contributed by atoms with Crippen LogP contribution in [-0.2, 0) is 10.2 Å². The molecule has 108 valence electrons. The normalized spacial score (nSPS) is 24.5. The van der Waals surface area contributed by atoms with Crippen LogP contribution < -0.4 is 0 Å². The number of rotatable bonds is 3. The molecule has 2 aliphatic rings. The van der Waals surface area contributed by atoms with Crippen LogP contribution in [-0.4, -0.2) is 35.6 Å². The van der Waals surface area contributed by atoms with E-state index in [0.29, 0.717) is 18.7 Å². The van der Waals surface area contributed by atoms with E-state index in [1.807, 2.05) is 4.90 Å². The lowest BCUT2D eigenvalue weighted by molar-refractivity contribution is -0.140. The number of hydrogen-bond donors (Lipinski definition) is 1. The monoisotopic (exact) mass is 277 g/mol. The first kappa shape index (κ1) is 13.6. The molecule has 1 atom stereocenters. The average Bonchev–Trinajstić information content (AvgIpc) is 2.88. The summed E-state index contributed by atoms with van der Waals surface area (Å²) < 4.78 is 14.1. The number of benzene rings is 1. The van der Waals surface area contributed by atoms with E-state index in [9.17, 15) is 14.3 Å². The molecular formula is C16H20FNO2. The van der Waals surface area contributed by atoms with Crippen molar-refractivity contribution < 1.29 is 14.3 Å². The Morgan fingerprint density at radius 2 is 2.15 bits per heavy atom. The highest BCUT2D eigenvalue weighted by molar-refractivity contribution is 5.89. The molecule has 1 heterocycles. The van der Waals surface area contributed by atoms with Crippen LogP contribution in [0.4, 0.5) is 4.39 Å². The zero-order valence-corrected chi connectivity index (χ0v) is 11.5. The van der Waals surface area contributed by atoms with Gasteiger partial charge >= 0.3 is 0 Å². The highest BCUT2D eigenvalue weighted by Crippen LogP contribution is 2.46. The molecule has 1 aliphatic heterocycles. The molecule has 0 aromatic heterocycles. The summed E-state index contributed by atoms with van der Waals surface area (Å²) in [6.45, 7) is 1.41. The molecule has 0 radical (unpaired) electrons. The van der Waals surface area contributed by atoms with E-state index >= 15 is 0 Å². The molecule has 1 amide bonds. The second kappa shape index (κ2) is 5.17. The molecule has 1 aromatic carbocycles. The summed E-state index contributed by atoms with van der Waals surface area (Å²) in [4.78, 5) is 14.7. The molecule has 3 rings (SSSR count). The minimum Gasteiger partial charge on any atom is -0.396 e. The van der Waals surface area contributed by atoms with Crippen molar-refractivity contribution in [2.75, 3.05) is 19.7 Å². The van der Waals surface area contributed by atoms with Crippen LogP contribution in [0.15, 0.2) is 24.3 Å². The van der Waals surface area contributed by atoms with E-state index in [-0.39, 0.29) is 24.2 Å². The van der Waals surface area contributed by atoms with Crippen LogP contribution >= 0.6 is 0 Å². The van der Waals surface area contributed by atoms with Gasteiger partial charge in [-0.3, -0.25) is 4.79 Å². The Kier molecular flexibility index (Phi) is 3.50. The largest absolute Gasteiger partial charge is 0.396 e. The predicted molar refractivity (Wildman–Crippen MR) is 73.7 cm³/mol. The summed E-state index contributed by atoms with van der Waals surface area (Å²) in [5.74, 6) is -0.0556. The van der Waals surface area contributed by atoms with Gasteiger partial charge in [-0.2, -0.15) is 0 Å². The Labute approximate surface area is 118 Å². The van der Waals surface area contributed by atoms with Gasteiger partial charge in [0.05, 0.1) is 5.41 Å². The Hall–Kier alpha value is -1.42. The van der Waals surface area contributed by atoms with E-state index in [1.165, 1.54) is 6.07 Å². The van der Waals surface area contributed by atoms with Gasteiger partial charge in [0.15, 0.2) is 0 Å². The van der Waals surface area contributed by atoms with E-state index in [2.05, 4.69) is 0 Å². The zero-order chi connectivity index (χ0) is 14.2. The minimum absolute atomic E-state index is 0.0461. The fourth-order valence-electron chi connectivity index (χ4n) is 3.45. The van der Waals surface area contributed by atoms with Crippen molar-refractivity contribution in [1.29, 1.82) is 0 Å². The molecule has 1 saturated heterocycles. The molecule has 3 nitrogen and oxygen atoms in total. The van der Waals surface area contributed by atoms with Crippen molar-refractivity contribution in [3.8, 4) is 0 Å². The summed E-state index contributed by atoms with van der Waals surface area (Å²) >= 11 is 0. The third-order valence-electron chi connectivity index (χ3n) is 4.84. The van der Waals surface area contributed by atoms with Crippen LogP contribution in [0.1, 0.15) is 31.2 Å². The second-order valence-electron chi connectivity index (χ2n) is 6.00. The molecule has 0 spiro atoms. The Bertz CT molecular complexity index is 513. The van der Waals surface area contributed by atoms with Crippen molar-refractivity contribution in [2.24, 2.45) is 5.92 Å². The first-order valence-corrected chi connectivity index (χ1v) is 7.32. The van der Waals surface area contributed by atoms with Gasteiger partial charge in [0, 0.05) is 31.2 Å². The molecule has 2 fully saturated rings. The van der Waals surface area contributed by atoms with E-state index in [1.54, 1.807) is 18.2 Å². The number of halogens is 1. The minimum atomic E-state index is -0.657. The summed E-state index contributed by atoms with van der Waals surface area (Å²) in [6.07, 6.45) is 3.27. The molecule has 1 aromatic rings. The van der Waals surface area contributed by atoms with Crippen molar-refractivity contribution in [3.05, 3.63) is 35.6 Å². The average molecular weight is 277 g/mol. The second-order valence-corrected chi connectivity index (χ2v) is 6.00. The van der Waals surface area contributed by atoms with Crippen molar-refractivity contribution >= 4 is 5.91 Å². The molecule has 4 heteroatoms. The third kappa shape index (κ3) is 2.03. The predicted octanol–water partition coefficient (Wildman–Crippen LogP) is 2.09. The fourth-order valence-corrected chi connectivity index (χ4v) is 3.45. The fraction of sp³-hybridized carbons (Fsp3) is 0.562. The molecular weight excluding hydrogens is 257 g/mol. The van der Waals surface area contributed by atoms with E-state index < -0.39 is 5.41 Å². The first-order valence-electron chi connectivity index (χ1n) is 7.32. The number of likely N-dealkylation sites (tertiary alicyclic amines) is 1. The highest BCUT2D eigenvalue weighted by atomic mass is 19.1. The maximum atomic E-state index is 14.1.